The predicted octanol–water partition coefficient (Wildman–Crippen LogP) is 5.43. The van der Waals surface area contributed by atoms with Gasteiger partial charge in [0.2, 0.25) is 0 Å². The van der Waals surface area contributed by atoms with E-state index >= 15 is 0 Å². The maximum Gasteiger partial charge on any atom is 0.324 e. The highest BCUT2D eigenvalue weighted by Gasteiger charge is 2.21. The second-order valence-corrected chi connectivity index (χ2v) is 7.87. The predicted molar refractivity (Wildman–Crippen MR) is 111 cm³/mol. The molecule has 5 nitrogen and oxygen atoms in total. The Morgan fingerprint density at radius 1 is 0.926 bits per heavy atom. The van der Waals surface area contributed by atoms with Crippen LogP contribution in [0.2, 0.25) is 0 Å². The largest absolute Gasteiger partial charge is 0.324 e. The Morgan fingerprint density at radius 2 is 1.56 bits per heavy atom. The van der Waals surface area contributed by atoms with Crippen molar-refractivity contribution in [3.05, 3.63) is 71.4 Å². The second-order valence-electron chi connectivity index (χ2n) is 7.87. The first-order chi connectivity index (χ1) is 12.7. The average Bonchev–Trinajstić information content (AvgIpc) is 2.98. The lowest BCUT2D eigenvalue weighted by molar-refractivity contribution is 0.262. The second kappa shape index (κ2) is 7.27. The molecule has 0 bridgehead atoms. The highest BCUT2D eigenvalue weighted by atomic mass is 16.2. The zero-order chi connectivity index (χ0) is 19.6. The smallest absolute Gasteiger partial charge is 0.308 e. The van der Waals surface area contributed by atoms with Crippen LogP contribution in [0.1, 0.15) is 37.6 Å². The quantitative estimate of drug-likeness (QED) is 0.652. The summed E-state index contributed by atoms with van der Waals surface area (Å²) in [5.41, 5.74) is 4.67. The summed E-state index contributed by atoms with van der Waals surface area (Å²) in [6.45, 7) is 10.3. The fourth-order valence-electron chi connectivity index (χ4n) is 2.93. The number of carbonyl (C=O) groups is 1. The number of rotatable bonds is 3. The summed E-state index contributed by atoms with van der Waals surface area (Å²) in [5, 5.41) is 10.6. The molecule has 0 fully saturated rings. The molecule has 0 spiro atoms. The van der Waals surface area contributed by atoms with Crippen LogP contribution in [0.15, 0.2) is 54.6 Å². The minimum atomic E-state index is -0.294. The van der Waals surface area contributed by atoms with Crippen LogP contribution in [-0.4, -0.2) is 15.8 Å². The van der Waals surface area contributed by atoms with Gasteiger partial charge < -0.3 is 5.32 Å². The van der Waals surface area contributed by atoms with Gasteiger partial charge in [-0.3, -0.25) is 5.32 Å². The minimum Gasteiger partial charge on any atom is -0.308 e. The highest BCUT2D eigenvalue weighted by molar-refractivity contribution is 5.99. The Bertz CT molecular complexity index is 932. The average molecular weight is 362 g/mol. The van der Waals surface area contributed by atoms with Crippen molar-refractivity contribution in [2.75, 3.05) is 10.6 Å². The molecular formula is C22H26N4O. The van der Waals surface area contributed by atoms with Gasteiger partial charge in [0.25, 0.3) is 0 Å². The van der Waals surface area contributed by atoms with Crippen LogP contribution in [-0.2, 0) is 5.41 Å². The molecule has 2 N–H and O–H groups in total. The van der Waals surface area contributed by atoms with E-state index in [1.165, 1.54) is 0 Å². The first kappa shape index (κ1) is 18.7. The summed E-state index contributed by atoms with van der Waals surface area (Å²) in [5.74, 6) is 0.632. The maximum absolute atomic E-state index is 12.6. The molecule has 2 amide bonds. The molecule has 0 aliphatic heterocycles. The first-order valence-electron chi connectivity index (χ1n) is 9.05. The number of aryl methyl sites for hydroxylation is 2. The fourth-order valence-corrected chi connectivity index (χ4v) is 2.93. The van der Waals surface area contributed by atoms with Crippen LogP contribution < -0.4 is 10.6 Å². The van der Waals surface area contributed by atoms with Gasteiger partial charge in [0.15, 0.2) is 0 Å². The molecule has 0 unspecified atom stereocenters. The van der Waals surface area contributed by atoms with Crippen LogP contribution in [0.5, 0.6) is 0 Å². The van der Waals surface area contributed by atoms with E-state index < -0.39 is 0 Å². The molecular weight excluding hydrogens is 336 g/mol. The van der Waals surface area contributed by atoms with Crippen molar-refractivity contribution in [1.29, 1.82) is 0 Å². The van der Waals surface area contributed by atoms with Crippen LogP contribution in [0.25, 0.3) is 5.69 Å². The molecule has 0 saturated heterocycles. The van der Waals surface area contributed by atoms with Crippen molar-refractivity contribution in [3.8, 4) is 5.69 Å². The molecule has 3 rings (SSSR count). The topological polar surface area (TPSA) is 59.0 Å². The summed E-state index contributed by atoms with van der Waals surface area (Å²) in [6, 6.07) is 17.4. The standard InChI is InChI=1S/C22H26N4O/c1-15-11-16(2)13-17(12-15)23-21(27)24-20-14-19(22(3,4)5)25-26(20)18-9-7-6-8-10-18/h6-14H,1-5H3,(H2,23,24,27). The Hall–Kier alpha value is -3.08. The van der Waals surface area contributed by atoms with E-state index in [0.717, 1.165) is 28.2 Å². The minimum absolute atomic E-state index is 0.124. The van der Waals surface area contributed by atoms with Gasteiger partial charge in [-0.2, -0.15) is 5.10 Å². The third kappa shape index (κ3) is 4.56. The Labute approximate surface area is 160 Å². The maximum atomic E-state index is 12.6. The van der Waals surface area contributed by atoms with Gasteiger partial charge in [0, 0.05) is 17.2 Å². The van der Waals surface area contributed by atoms with Gasteiger partial charge in [-0.1, -0.05) is 45.0 Å². The van der Waals surface area contributed by atoms with E-state index in [9.17, 15) is 4.79 Å². The zero-order valence-electron chi connectivity index (χ0n) is 16.5. The molecule has 0 atom stereocenters. The number of hydrogen-bond donors (Lipinski definition) is 2. The summed E-state index contributed by atoms with van der Waals surface area (Å²) >= 11 is 0. The summed E-state index contributed by atoms with van der Waals surface area (Å²) < 4.78 is 1.77. The first-order valence-corrected chi connectivity index (χ1v) is 9.05. The van der Waals surface area contributed by atoms with Crippen molar-refractivity contribution in [2.24, 2.45) is 0 Å². The molecule has 0 aliphatic rings. The zero-order valence-corrected chi connectivity index (χ0v) is 16.5. The van der Waals surface area contributed by atoms with Crippen LogP contribution in [0, 0.1) is 13.8 Å². The molecule has 0 aliphatic carbocycles. The molecule has 0 saturated carbocycles. The van der Waals surface area contributed by atoms with Crippen LogP contribution in [0.3, 0.4) is 0 Å². The van der Waals surface area contributed by atoms with Gasteiger partial charge in [0.1, 0.15) is 5.82 Å². The lowest BCUT2D eigenvalue weighted by Crippen LogP contribution is -2.21. The molecule has 2 aromatic carbocycles. The molecule has 140 valence electrons. The molecule has 1 aromatic heterocycles. The van der Waals surface area contributed by atoms with Crippen molar-refractivity contribution in [1.82, 2.24) is 9.78 Å². The number of benzene rings is 2. The Kier molecular flexibility index (Phi) is 5.04. The third-order valence-corrected chi connectivity index (χ3v) is 4.20. The van der Waals surface area contributed by atoms with E-state index in [1.807, 2.05) is 62.4 Å². The molecule has 3 aromatic rings. The molecule has 1 heterocycles. The van der Waals surface area contributed by atoms with E-state index in [0.29, 0.717) is 5.82 Å². The van der Waals surface area contributed by atoms with Gasteiger partial charge in [-0.05, 0) is 49.2 Å². The van der Waals surface area contributed by atoms with Crippen molar-refractivity contribution in [3.63, 3.8) is 0 Å². The van der Waals surface area contributed by atoms with E-state index in [2.05, 4.69) is 37.5 Å². The fraction of sp³-hybridized carbons (Fsp3) is 0.273. The van der Waals surface area contributed by atoms with Gasteiger partial charge in [0.05, 0.1) is 11.4 Å². The third-order valence-electron chi connectivity index (χ3n) is 4.20. The Morgan fingerprint density at radius 3 is 2.15 bits per heavy atom. The number of nitrogens with zero attached hydrogens (tertiary/aromatic N) is 2. The lowest BCUT2D eigenvalue weighted by Gasteiger charge is -2.14. The monoisotopic (exact) mass is 362 g/mol. The van der Waals surface area contributed by atoms with Crippen molar-refractivity contribution >= 4 is 17.5 Å². The van der Waals surface area contributed by atoms with Crippen LogP contribution >= 0.6 is 0 Å². The SMILES string of the molecule is Cc1cc(C)cc(NC(=O)Nc2cc(C(C)(C)C)nn2-c2ccccc2)c1. The number of para-hydroxylation sites is 1. The molecule has 5 heteroatoms. The normalized spacial score (nSPS) is 11.3. The number of amides is 2. The number of carbonyl (C=O) groups excluding carboxylic acids is 1. The number of aromatic nitrogens is 2. The summed E-state index contributed by atoms with van der Waals surface area (Å²) in [4.78, 5) is 12.6. The van der Waals surface area contributed by atoms with E-state index in [1.54, 1.807) is 4.68 Å². The summed E-state index contributed by atoms with van der Waals surface area (Å²) in [7, 11) is 0. The Balaban J connectivity index is 1.89. The number of hydrogen-bond acceptors (Lipinski definition) is 2. The number of anilines is 2. The highest BCUT2D eigenvalue weighted by Crippen LogP contribution is 2.26. The van der Waals surface area contributed by atoms with Crippen LogP contribution in [0.4, 0.5) is 16.3 Å². The lowest BCUT2D eigenvalue weighted by atomic mass is 9.92. The number of urea groups is 1. The van der Waals surface area contributed by atoms with Crippen molar-refractivity contribution < 1.29 is 4.79 Å². The molecule has 0 radical (unpaired) electrons. The van der Waals surface area contributed by atoms with E-state index in [4.69, 9.17) is 5.10 Å². The summed E-state index contributed by atoms with van der Waals surface area (Å²) in [6.07, 6.45) is 0. The van der Waals surface area contributed by atoms with Gasteiger partial charge >= 0.3 is 6.03 Å². The molecule has 27 heavy (non-hydrogen) atoms. The van der Waals surface area contributed by atoms with E-state index in [-0.39, 0.29) is 11.4 Å². The van der Waals surface area contributed by atoms with Gasteiger partial charge in [-0.25, -0.2) is 9.48 Å². The number of nitrogens with one attached hydrogen (secondary N) is 2. The van der Waals surface area contributed by atoms with Crippen molar-refractivity contribution in [2.45, 2.75) is 40.0 Å². The van der Waals surface area contributed by atoms with Gasteiger partial charge in [-0.15, -0.1) is 0 Å².